The Labute approximate surface area is 183 Å². The van der Waals surface area contributed by atoms with Crippen LogP contribution in [0.3, 0.4) is 0 Å². The maximum atomic E-state index is 11.8. The Bertz CT molecular complexity index is 872. The van der Waals surface area contributed by atoms with E-state index in [-0.39, 0.29) is 6.03 Å². The molecule has 31 heavy (non-hydrogen) atoms. The minimum atomic E-state index is -0.186. The lowest BCUT2D eigenvalue weighted by Gasteiger charge is -2.46. The Hall–Kier alpha value is -2.91. The average Bonchev–Trinajstić information content (AvgIpc) is 3.35. The second kappa shape index (κ2) is 8.32. The van der Waals surface area contributed by atoms with Crippen molar-refractivity contribution >= 4 is 17.4 Å². The smallest absolute Gasteiger partial charge is 0.319 e. The largest absolute Gasteiger partial charge is 0.372 e. The van der Waals surface area contributed by atoms with E-state index in [1.807, 2.05) is 31.2 Å². The van der Waals surface area contributed by atoms with Gasteiger partial charge >= 0.3 is 6.03 Å². The summed E-state index contributed by atoms with van der Waals surface area (Å²) >= 11 is 0. The third kappa shape index (κ3) is 3.90. The number of nitrogens with zero attached hydrogens (tertiary/aromatic N) is 4. The van der Waals surface area contributed by atoms with Crippen molar-refractivity contribution in [3.8, 4) is 0 Å². The zero-order valence-corrected chi connectivity index (χ0v) is 18.2. The molecule has 2 bridgehead atoms. The Morgan fingerprint density at radius 3 is 2.55 bits per heavy atom. The van der Waals surface area contributed by atoms with Gasteiger partial charge in [-0.05, 0) is 51.0 Å². The summed E-state index contributed by atoms with van der Waals surface area (Å²) < 4.78 is 6.06. The third-order valence-corrected chi connectivity index (χ3v) is 6.23. The first-order valence-electron chi connectivity index (χ1n) is 11.2. The number of amides is 2. The van der Waals surface area contributed by atoms with E-state index in [0.717, 1.165) is 56.2 Å². The van der Waals surface area contributed by atoms with Gasteiger partial charge in [0.1, 0.15) is 6.67 Å². The SMILES string of the molecule is CCNC(=O)Nc1ccc(N2C=C3C(=CNN3CC)N(N3CC4CCC(C3)O4)C2)cc1. The van der Waals surface area contributed by atoms with Crippen LogP contribution in [-0.2, 0) is 4.74 Å². The van der Waals surface area contributed by atoms with Crippen LogP contribution in [-0.4, -0.2) is 66.1 Å². The number of ether oxygens (including phenoxy) is 1. The van der Waals surface area contributed by atoms with Crippen LogP contribution in [0, 0.1) is 0 Å². The molecule has 5 rings (SSSR count). The number of likely N-dealkylation sites (N-methyl/N-ethyl adjacent to an activating group) is 1. The lowest BCUT2D eigenvalue weighted by atomic mass is 10.2. The summed E-state index contributed by atoms with van der Waals surface area (Å²) in [5.41, 5.74) is 7.62. The molecule has 1 aromatic rings. The second-order valence-electron chi connectivity index (χ2n) is 8.29. The minimum absolute atomic E-state index is 0.186. The average molecular weight is 426 g/mol. The van der Waals surface area contributed by atoms with Gasteiger partial charge in [-0.2, -0.15) is 0 Å². The molecule has 0 saturated carbocycles. The number of hydrogen-bond donors (Lipinski definition) is 3. The van der Waals surface area contributed by atoms with Gasteiger partial charge in [-0.3, -0.25) is 10.0 Å². The highest BCUT2D eigenvalue weighted by Crippen LogP contribution is 2.35. The highest BCUT2D eigenvalue weighted by molar-refractivity contribution is 5.89. The molecule has 2 saturated heterocycles. The maximum absolute atomic E-state index is 11.8. The van der Waals surface area contributed by atoms with E-state index in [2.05, 4.69) is 55.3 Å². The molecule has 0 aliphatic carbocycles. The molecule has 2 fully saturated rings. The number of benzene rings is 1. The standard InChI is InChI=1S/C22H31N7O2/c1-3-23-22(30)25-16-5-7-17(8-6-16)26-14-21-20(11-24-28(21)4-2)29(15-26)27-12-18-9-10-19(13-27)31-18/h5-8,11,14,18-19,24H,3-4,9-10,12-13,15H2,1-2H3,(H2,23,25,30). The van der Waals surface area contributed by atoms with E-state index in [4.69, 9.17) is 4.74 Å². The number of rotatable bonds is 5. The Kier molecular flexibility index (Phi) is 5.37. The second-order valence-corrected chi connectivity index (χ2v) is 8.29. The molecule has 2 unspecified atom stereocenters. The van der Waals surface area contributed by atoms with Crippen LogP contribution in [0.5, 0.6) is 0 Å². The van der Waals surface area contributed by atoms with Crippen LogP contribution in [0.25, 0.3) is 0 Å². The van der Waals surface area contributed by atoms with Crippen molar-refractivity contribution in [2.75, 3.05) is 43.1 Å². The lowest BCUT2D eigenvalue weighted by molar-refractivity contribution is -0.114. The molecule has 0 radical (unpaired) electrons. The van der Waals surface area contributed by atoms with Crippen molar-refractivity contribution in [2.45, 2.75) is 38.9 Å². The summed E-state index contributed by atoms with van der Waals surface area (Å²) in [7, 11) is 0. The first kappa shape index (κ1) is 20.0. The number of carbonyl (C=O) groups is 1. The first-order chi connectivity index (χ1) is 15.1. The monoisotopic (exact) mass is 425 g/mol. The number of anilines is 2. The summed E-state index contributed by atoms with van der Waals surface area (Å²) in [4.78, 5) is 14.0. The van der Waals surface area contributed by atoms with E-state index in [9.17, 15) is 4.79 Å². The fourth-order valence-electron chi connectivity index (χ4n) is 4.69. The molecule has 4 aliphatic rings. The van der Waals surface area contributed by atoms with Gasteiger partial charge in [-0.1, -0.05) is 0 Å². The number of fused-ring (bicyclic) bond motifs is 3. The number of urea groups is 1. The fraction of sp³-hybridized carbons (Fsp3) is 0.500. The predicted molar refractivity (Wildman–Crippen MR) is 119 cm³/mol. The number of hydrogen-bond acceptors (Lipinski definition) is 7. The molecule has 9 heteroatoms. The zero-order valence-electron chi connectivity index (χ0n) is 18.2. The van der Waals surface area contributed by atoms with Gasteiger partial charge in [-0.25, -0.2) is 9.80 Å². The summed E-state index contributed by atoms with van der Waals surface area (Å²) in [6.07, 6.45) is 7.27. The summed E-state index contributed by atoms with van der Waals surface area (Å²) in [6, 6.07) is 7.80. The molecule has 0 aromatic heterocycles. The number of hydrazine groups is 2. The highest BCUT2D eigenvalue weighted by atomic mass is 16.5. The van der Waals surface area contributed by atoms with Crippen molar-refractivity contribution < 1.29 is 9.53 Å². The summed E-state index contributed by atoms with van der Waals surface area (Å²) in [5, 5.41) is 12.6. The lowest BCUT2D eigenvalue weighted by Crippen LogP contribution is -2.56. The van der Waals surface area contributed by atoms with Crippen LogP contribution in [0.2, 0.25) is 0 Å². The molecule has 4 heterocycles. The van der Waals surface area contributed by atoms with E-state index in [1.54, 1.807) is 0 Å². The first-order valence-corrected chi connectivity index (χ1v) is 11.2. The van der Waals surface area contributed by atoms with Gasteiger partial charge in [0.2, 0.25) is 0 Å². The van der Waals surface area contributed by atoms with Crippen LogP contribution in [0.4, 0.5) is 16.2 Å². The normalized spacial score (nSPS) is 25.0. The molecule has 0 spiro atoms. The van der Waals surface area contributed by atoms with E-state index < -0.39 is 0 Å². The van der Waals surface area contributed by atoms with Crippen LogP contribution >= 0.6 is 0 Å². The molecule has 9 nitrogen and oxygen atoms in total. The van der Waals surface area contributed by atoms with Crippen molar-refractivity contribution in [1.82, 2.24) is 25.8 Å². The van der Waals surface area contributed by atoms with Gasteiger partial charge < -0.3 is 25.7 Å². The van der Waals surface area contributed by atoms with Gasteiger partial charge in [0.15, 0.2) is 0 Å². The Morgan fingerprint density at radius 1 is 1.13 bits per heavy atom. The van der Waals surface area contributed by atoms with Crippen molar-refractivity contribution in [2.24, 2.45) is 0 Å². The molecule has 166 valence electrons. The van der Waals surface area contributed by atoms with Crippen LogP contribution in [0.1, 0.15) is 26.7 Å². The summed E-state index contributed by atoms with van der Waals surface area (Å²) in [5.74, 6) is 0. The van der Waals surface area contributed by atoms with Gasteiger partial charge in [0.05, 0.1) is 23.6 Å². The zero-order chi connectivity index (χ0) is 21.4. The van der Waals surface area contributed by atoms with Crippen molar-refractivity contribution in [3.63, 3.8) is 0 Å². The topological polar surface area (TPSA) is 75.4 Å². The van der Waals surface area contributed by atoms with Gasteiger partial charge in [-0.15, -0.1) is 0 Å². The quantitative estimate of drug-likeness (QED) is 0.668. The highest BCUT2D eigenvalue weighted by Gasteiger charge is 2.40. The van der Waals surface area contributed by atoms with Crippen molar-refractivity contribution in [1.29, 1.82) is 0 Å². The predicted octanol–water partition coefficient (Wildman–Crippen LogP) is 2.21. The third-order valence-electron chi connectivity index (χ3n) is 6.23. The number of morpholine rings is 1. The number of nitrogens with one attached hydrogen (secondary N) is 3. The van der Waals surface area contributed by atoms with E-state index in [1.165, 1.54) is 5.70 Å². The Morgan fingerprint density at radius 2 is 1.87 bits per heavy atom. The van der Waals surface area contributed by atoms with Gasteiger partial charge in [0, 0.05) is 50.0 Å². The molecule has 2 amide bonds. The molecule has 4 aliphatic heterocycles. The molecule has 3 N–H and O–H groups in total. The van der Waals surface area contributed by atoms with E-state index >= 15 is 0 Å². The minimum Gasteiger partial charge on any atom is -0.372 e. The number of carbonyl (C=O) groups excluding carboxylic acids is 1. The maximum Gasteiger partial charge on any atom is 0.319 e. The van der Waals surface area contributed by atoms with Crippen LogP contribution < -0.4 is 21.0 Å². The van der Waals surface area contributed by atoms with Gasteiger partial charge in [0.25, 0.3) is 0 Å². The molecular formula is C22H31N7O2. The molecular weight excluding hydrogens is 394 g/mol. The van der Waals surface area contributed by atoms with Crippen LogP contribution in [0.15, 0.2) is 48.1 Å². The van der Waals surface area contributed by atoms with E-state index in [0.29, 0.717) is 18.8 Å². The summed E-state index contributed by atoms with van der Waals surface area (Å²) in [6.45, 7) is 8.10. The molecule has 2 atom stereocenters. The fourth-order valence-corrected chi connectivity index (χ4v) is 4.69. The Balaban J connectivity index is 1.38. The van der Waals surface area contributed by atoms with Crippen molar-refractivity contribution in [3.05, 3.63) is 48.1 Å². The molecule has 1 aromatic carbocycles.